The molecule has 0 unspecified atom stereocenters. The second kappa shape index (κ2) is 13.1. The molecule has 0 bridgehead atoms. The van der Waals surface area contributed by atoms with Gasteiger partial charge in [-0.3, -0.25) is 0 Å². The number of aliphatic hydroxyl groups is 1. The Balaban J connectivity index is 1.28. The normalized spacial score (nSPS) is 20.7. The van der Waals surface area contributed by atoms with Gasteiger partial charge >= 0.3 is 6.03 Å². The highest BCUT2D eigenvalue weighted by atomic mass is 32.2. The molecule has 5 rings (SSSR count). The van der Waals surface area contributed by atoms with Gasteiger partial charge in [0.1, 0.15) is 0 Å². The van der Waals surface area contributed by atoms with E-state index in [-0.39, 0.29) is 30.8 Å². The fourth-order valence-corrected chi connectivity index (χ4v) is 5.50. The molecular formula is C29H32N6O4S. The third-order valence-corrected chi connectivity index (χ3v) is 7.92. The summed E-state index contributed by atoms with van der Waals surface area (Å²) in [6, 6.07) is 24.7. The molecule has 4 atom stereocenters. The molecule has 2 heterocycles. The number of nitrogens with zero attached hydrogens (tertiary/aromatic N) is 4. The minimum absolute atomic E-state index is 0.0112. The lowest BCUT2D eigenvalue weighted by Crippen LogP contribution is -2.38. The molecule has 1 aromatic heterocycles. The Morgan fingerprint density at radius 1 is 0.975 bits per heavy atom. The average molecular weight is 561 g/mol. The van der Waals surface area contributed by atoms with Gasteiger partial charge in [0.2, 0.25) is 5.16 Å². The van der Waals surface area contributed by atoms with E-state index in [1.54, 1.807) is 4.68 Å². The number of ether oxygens (including phenoxy) is 2. The van der Waals surface area contributed by atoms with Crippen LogP contribution in [0.3, 0.4) is 0 Å². The largest absolute Gasteiger partial charge is 0.392 e. The quantitative estimate of drug-likeness (QED) is 0.254. The number of aromatic nitrogens is 4. The van der Waals surface area contributed by atoms with Crippen LogP contribution in [-0.2, 0) is 29.7 Å². The number of urea groups is 1. The lowest BCUT2D eigenvalue weighted by atomic mass is 9.91. The van der Waals surface area contributed by atoms with Crippen LogP contribution in [-0.4, -0.2) is 43.2 Å². The SMILES string of the molecule is C[C@H]1[C@@H](CSc2nnnn2C)O[C@@H](c2ccc(NC(=O)NCc3ccccc3)cc2)O[C@H]1c1ccc(CO)cc1. The van der Waals surface area contributed by atoms with Gasteiger partial charge in [-0.2, -0.15) is 0 Å². The average Bonchev–Trinajstić information content (AvgIpc) is 3.41. The number of amides is 2. The van der Waals surface area contributed by atoms with Crippen molar-refractivity contribution in [1.82, 2.24) is 25.5 Å². The Morgan fingerprint density at radius 3 is 2.38 bits per heavy atom. The van der Waals surface area contributed by atoms with Crippen molar-refractivity contribution in [2.75, 3.05) is 11.1 Å². The lowest BCUT2D eigenvalue weighted by molar-refractivity contribution is -0.268. The molecule has 1 saturated heterocycles. The molecule has 11 heteroatoms. The van der Waals surface area contributed by atoms with Crippen LogP contribution in [0.25, 0.3) is 0 Å². The van der Waals surface area contributed by atoms with E-state index in [1.165, 1.54) is 11.8 Å². The molecule has 10 nitrogen and oxygen atoms in total. The fourth-order valence-electron chi connectivity index (χ4n) is 4.49. The van der Waals surface area contributed by atoms with E-state index in [2.05, 4.69) is 33.1 Å². The van der Waals surface area contributed by atoms with Crippen LogP contribution in [0, 0.1) is 5.92 Å². The Labute approximate surface area is 237 Å². The van der Waals surface area contributed by atoms with E-state index < -0.39 is 6.29 Å². The van der Waals surface area contributed by atoms with Gasteiger partial charge in [-0.25, -0.2) is 9.48 Å². The number of anilines is 1. The maximum atomic E-state index is 12.4. The van der Waals surface area contributed by atoms with Crippen molar-refractivity contribution in [2.24, 2.45) is 13.0 Å². The van der Waals surface area contributed by atoms with Gasteiger partial charge < -0.3 is 25.2 Å². The molecule has 40 heavy (non-hydrogen) atoms. The number of hydrogen-bond acceptors (Lipinski definition) is 8. The van der Waals surface area contributed by atoms with Gasteiger partial charge in [-0.1, -0.05) is 85.4 Å². The topological polar surface area (TPSA) is 123 Å². The van der Waals surface area contributed by atoms with E-state index >= 15 is 0 Å². The fraction of sp³-hybridized carbons (Fsp3) is 0.310. The summed E-state index contributed by atoms with van der Waals surface area (Å²) in [5, 5.41) is 27.6. The third-order valence-electron chi connectivity index (χ3n) is 6.82. The Kier molecular flexibility index (Phi) is 9.07. The van der Waals surface area contributed by atoms with Crippen molar-refractivity contribution < 1.29 is 19.4 Å². The third kappa shape index (κ3) is 6.86. The maximum Gasteiger partial charge on any atom is 0.319 e. The number of rotatable bonds is 9. The number of carbonyl (C=O) groups excluding carboxylic acids is 1. The summed E-state index contributed by atoms with van der Waals surface area (Å²) in [4.78, 5) is 12.4. The number of thioether (sulfide) groups is 1. The van der Waals surface area contributed by atoms with Crippen molar-refractivity contribution in [2.45, 2.75) is 43.7 Å². The molecule has 208 valence electrons. The Morgan fingerprint density at radius 2 is 1.70 bits per heavy atom. The van der Waals surface area contributed by atoms with Crippen LogP contribution < -0.4 is 10.6 Å². The molecule has 0 spiro atoms. The standard InChI is InChI=1S/C29H32N6O4S/c1-19-25(18-40-29-32-33-34-35(29)2)38-27(39-26(19)22-10-8-21(17-36)9-11-22)23-12-14-24(15-13-23)31-28(37)30-16-20-6-4-3-5-7-20/h3-15,19,25-27,36H,16-18H2,1-2H3,(H2,30,31,37)/t19-,25+,26+,27+/m0/s1. The molecule has 0 radical (unpaired) electrons. The predicted molar refractivity (Wildman–Crippen MR) is 151 cm³/mol. The second-order valence-corrected chi connectivity index (χ2v) is 10.6. The van der Waals surface area contributed by atoms with E-state index in [0.717, 1.165) is 22.3 Å². The number of nitrogens with one attached hydrogen (secondary N) is 2. The highest BCUT2D eigenvalue weighted by molar-refractivity contribution is 7.99. The summed E-state index contributed by atoms with van der Waals surface area (Å²) in [5.74, 6) is 0.681. The van der Waals surface area contributed by atoms with Crippen LogP contribution in [0.15, 0.2) is 84.0 Å². The zero-order valence-electron chi connectivity index (χ0n) is 22.3. The van der Waals surface area contributed by atoms with Gasteiger partial charge in [-0.05, 0) is 39.2 Å². The number of benzene rings is 3. The van der Waals surface area contributed by atoms with E-state index in [4.69, 9.17) is 9.47 Å². The predicted octanol–water partition coefficient (Wildman–Crippen LogP) is 4.61. The van der Waals surface area contributed by atoms with Crippen LogP contribution in [0.1, 0.15) is 41.6 Å². The molecule has 0 aliphatic carbocycles. The minimum atomic E-state index is -0.608. The van der Waals surface area contributed by atoms with Crippen molar-refractivity contribution in [3.8, 4) is 0 Å². The van der Waals surface area contributed by atoms with Crippen molar-refractivity contribution >= 4 is 23.5 Å². The van der Waals surface area contributed by atoms with E-state index in [0.29, 0.717) is 23.1 Å². The smallest absolute Gasteiger partial charge is 0.319 e. The number of aliphatic hydroxyl groups excluding tert-OH is 1. The van der Waals surface area contributed by atoms with E-state index in [1.807, 2.05) is 85.9 Å². The first-order valence-corrected chi connectivity index (χ1v) is 14.0. The van der Waals surface area contributed by atoms with Crippen LogP contribution in [0.5, 0.6) is 0 Å². The molecule has 3 aromatic carbocycles. The second-order valence-electron chi connectivity index (χ2n) is 9.63. The molecule has 4 aromatic rings. The van der Waals surface area contributed by atoms with Gasteiger partial charge in [0.05, 0.1) is 18.8 Å². The first-order valence-electron chi connectivity index (χ1n) is 13.0. The molecule has 2 amide bonds. The van der Waals surface area contributed by atoms with Crippen molar-refractivity contribution in [1.29, 1.82) is 0 Å². The van der Waals surface area contributed by atoms with Crippen molar-refractivity contribution in [3.63, 3.8) is 0 Å². The highest BCUT2D eigenvalue weighted by Gasteiger charge is 2.38. The number of carbonyl (C=O) groups is 1. The van der Waals surface area contributed by atoms with Crippen LogP contribution in [0.2, 0.25) is 0 Å². The number of hydrogen-bond donors (Lipinski definition) is 3. The lowest BCUT2D eigenvalue weighted by Gasteiger charge is -2.41. The first kappa shape index (κ1) is 27.8. The molecule has 1 fully saturated rings. The summed E-state index contributed by atoms with van der Waals surface area (Å²) in [6.07, 6.45) is -0.983. The molecule has 0 saturated carbocycles. The summed E-state index contributed by atoms with van der Waals surface area (Å²) in [7, 11) is 1.81. The summed E-state index contributed by atoms with van der Waals surface area (Å²) >= 11 is 1.54. The van der Waals surface area contributed by atoms with E-state index in [9.17, 15) is 9.90 Å². The first-order chi connectivity index (χ1) is 19.5. The van der Waals surface area contributed by atoms with Gasteiger partial charge in [0.25, 0.3) is 0 Å². The molecular weight excluding hydrogens is 528 g/mol. The summed E-state index contributed by atoms with van der Waals surface area (Å²) in [5.41, 5.74) is 4.39. The number of tetrazole rings is 1. The van der Waals surface area contributed by atoms with Crippen LogP contribution in [0.4, 0.5) is 10.5 Å². The number of aryl methyl sites for hydroxylation is 1. The monoisotopic (exact) mass is 560 g/mol. The zero-order valence-corrected chi connectivity index (χ0v) is 23.1. The Bertz CT molecular complexity index is 1380. The van der Waals surface area contributed by atoms with Crippen molar-refractivity contribution in [3.05, 3.63) is 101 Å². The summed E-state index contributed by atoms with van der Waals surface area (Å²) < 4.78 is 14.6. The molecule has 1 aliphatic rings. The zero-order chi connectivity index (χ0) is 27.9. The Hall–Kier alpha value is -3.77. The van der Waals surface area contributed by atoms with Gasteiger partial charge in [0, 0.05) is 36.5 Å². The molecule has 3 N–H and O–H groups in total. The summed E-state index contributed by atoms with van der Waals surface area (Å²) in [6.45, 7) is 2.54. The minimum Gasteiger partial charge on any atom is -0.392 e. The van der Waals surface area contributed by atoms with Crippen LogP contribution >= 0.6 is 11.8 Å². The van der Waals surface area contributed by atoms with Gasteiger partial charge in [-0.15, -0.1) is 5.10 Å². The highest BCUT2D eigenvalue weighted by Crippen LogP contribution is 2.43. The molecule has 1 aliphatic heterocycles. The van der Waals surface area contributed by atoms with Gasteiger partial charge in [0.15, 0.2) is 6.29 Å². The maximum absolute atomic E-state index is 12.4.